The normalized spacial score (nSPS) is 12.3. The standard InChI is InChI=1S/C11H20O5/c1-2-3-6-16-8-9(7-11(14)15)4-5-10(12)13/h9H,2-8H2,1H3,(H,12,13)(H,14,15). The van der Waals surface area contributed by atoms with E-state index in [-0.39, 0.29) is 18.8 Å². The summed E-state index contributed by atoms with van der Waals surface area (Å²) < 4.78 is 5.31. The first kappa shape index (κ1) is 14.9. The molecule has 0 saturated carbocycles. The molecule has 0 bridgehead atoms. The van der Waals surface area contributed by atoms with Gasteiger partial charge in [0.05, 0.1) is 6.42 Å². The molecule has 0 fully saturated rings. The van der Waals surface area contributed by atoms with Gasteiger partial charge in [0.25, 0.3) is 0 Å². The minimum atomic E-state index is -0.908. The molecule has 0 aliphatic carbocycles. The van der Waals surface area contributed by atoms with Crippen molar-refractivity contribution in [3.63, 3.8) is 0 Å². The first-order valence-electron chi connectivity index (χ1n) is 5.57. The van der Waals surface area contributed by atoms with Crippen LogP contribution in [0.1, 0.15) is 39.0 Å². The van der Waals surface area contributed by atoms with E-state index in [1.165, 1.54) is 0 Å². The van der Waals surface area contributed by atoms with E-state index in [1.807, 2.05) is 6.92 Å². The highest BCUT2D eigenvalue weighted by Gasteiger charge is 2.14. The molecule has 0 heterocycles. The third-order valence-electron chi connectivity index (χ3n) is 2.23. The largest absolute Gasteiger partial charge is 0.481 e. The molecule has 0 aromatic heterocycles. The maximum absolute atomic E-state index is 10.5. The monoisotopic (exact) mass is 232 g/mol. The van der Waals surface area contributed by atoms with Crippen molar-refractivity contribution in [2.45, 2.75) is 39.0 Å². The third kappa shape index (κ3) is 9.45. The van der Waals surface area contributed by atoms with Crippen LogP contribution in [0.25, 0.3) is 0 Å². The van der Waals surface area contributed by atoms with E-state index in [0.717, 1.165) is 12.8 Å². The van der Waals surface area contributed by atoms with Crippen molar-refractivity contribution in [2.75, 3.05) is 13.2 Å². The molecular formula is C11H20O5. The van der Waals surface area contributed by atoms with E-state index in [1.54, 1.807) is 0 Å². The topological polar surface area (TPSA) is 83.8 Å². The maximum atomic E-state index is 10.5. The lowest BCUT2D eigenvalue weighted by Gasteiger charge is -2.13. The summed E-state index contributed by atoms with van der Waals surface area (Å²) in [5, 5.41) is 17.2. The van der Waals surface area contributed by atoms with Gasteiger partial charge in [-0.15, -0.1) is 0 Å². The predicted octanol–water partition coefficient (Wildman–Crippen LogP) is 1.76. The van der Waals surface area contributed by atoms with E-state index in [0.29, 0.717) is 19.6 Å². The maximum Gasteiger partial charge on any atom is 0.303 e. The Balaban J connectivity index is 3.80. The van der Waals surface area contributed by atoms with Gasteiger partial charge in [0.1, 0.15) is 0 Å². The third-order valence-corrected chi connectivity index (χ3v) is 2.23. The van der Waals surface area contributed by atoms with Gasteiger partial charge in [-0.1, -0.05) is 13.3 Å². The van der Waals surface area contributed by atoms with E-state index in [4.69, 9.17) is 14.9 Å². The van der Waals surface area contributed by atoms with Gasteiger partial charge in [-0.05, 0) is 18.8 Å². The van der Waals surface area contributed by atoms with Crippen LogP contribution in [0.3, 0.4) is 0 Å². The van der Waals surface area contributed by atoms with Crippen LogP contribution >= 0.6 is 0 Å². The lowest BCUT2D eigenvalue weighted by molar-refractivity contribution is -0.141. The molecule has 0 radical (unpaired) electrons. The van der Waals surface area contributed by atoms with Crippen molar-refractivity contribution >= 4 is 11.9 Å². The van der Waals surface area contributed by atoms with Crippen molar-refractivity contribution < 1.29 is 24.5 Å². The second kappa shape index (κ2) is 9.15. The number of hydrogen-bond acceptors (Lipinski definition) is 3. The first-order chi connectivity index (χ1) is 7.56. The molecule has 5 nitrogen and oxygen atoms in total. The molecule has 1 atom stereocenters. The van der Waals surface area contributed by atoms with Crippen LogP contribution < -0.4 is 0 Å². The molecule has 94 valence electrons. The molecule has 16 heavy (non-hydrogen) atoms. The van der Waals surface area contributed by atoms with Gasteiger partial charge >= 0.3 is 11.9 Å². The average Bonchev–Trinajstić information content (AvgIpc) is 2.19. The summed E-state index contributed by atoms with van der Waals surface area (Å²) in [5.41, 5.74) is 0. The smallest absolute Gasteiger partial charge is 0.303 e. The molecule has 0 spiro atoms. The van der Waals surface area contributed by atoms with Crippen LogP contribution in [0.5, 0.6) is 0 Å². The molecule has 0 aliphatic heterocycles. The van der Waals surface area contributed by atoms with Crippen molar-refractivity contribution in [2.24, 2.45) is 5.92 Å². The van der Waals surface area contributed by atoms with Crippen LogP contribution in [0.4, 0.5) is 0 Å². The Labute approximate surface area is 95.4 Å². The number of hydrogen-bond donors (Lipinski definition) is 2. The average molecular weight is 232 g/mol. The number of carbonyl (C=O) groups is 2. The quantitative estimate of drug-likeness (QED) is 0.561. The lowest BCUT2D eigenvalue weighted by atomic mass is 10.0. The fraction of sp³-hybridized carbons (Fsp3) is 0.818. The van der Waals surface area contributed by atoms with Crippen molar-refractivity contribution in [3.05, 3.63) is 0 Å². The van der Waals surface area contributed by atoms with Crippen LogP contribution in [0.15, 0.2) is 0 Å². The van der Waals surface area contributed by atoms with Crippen LogP contribution in [-0.4, -0.2) is 35.4 Å². The summed E-state index contributed by atoms with van der Waals surface area (Å²) in [6.45, 7) is 2.99. The van der Waals surface area contributed by atoms with Gasteiger partial charge in [-0.2, -0.15) is 0 Å². The van der Waals surface area contributed by atoms with Crippen LogP contribution in [0.2, 0.25) is 0 Å². The highest BCUT2D eigenvalue weighted by molar-refractivity contribution is 5.68. The molecule has 0 aromatic rings. The summed E-state index contributed by atoms with van der Waals surface area (Å²) in [4.78, 5) is 20.9. The molecule has 5 heteroatoms. The van der Waals surface area contributed by atoms with Gasteiger partial charge in [0.15, 0.2) is 0 Å². The summed E-state index contributed by atoms with van der Waals surface area (Å²) in [7, 11) is 0. The van der Waals surface area contributed by atoms with Crippen LogP contribution in [-0.2, 0) is 14.3 Å². The zero-order valence-corrected chi connectivity index (χ0v) is 9.65. The molecule has 0 amide bonds. The Bertz CT molecular complexity index is 214. The summed E-state index contributed by atoms with van der Waals surface area (Å²) in [6.07, 6.45) is 2.29. The Kier molecular flexibility index (Phi) is 8.52. The first-order valence-corrected chi connectivity index (χ1v) is 5.57. The molecule has 0 aromatic carbocycles. The number of rotatable bonds is 10. The minimum Gasteiger partial charge on any atom is -0.481 e. The molecule has 1 unspecified atom stereocenters. The summed E-state index contributed by atoms with van der Waals surface area (Å²) in [5.74, 6) is -2.01. The SMILES string of the molecule is CCCCOCC(CCC(=O)O)CC(=O)O. The van der Waals surface area contributed by atoms with E-state index < -0.39 is 11.9 Å². The lowest BCUT2D eigenvalue weighted by Crippen LogP contribution is -2.16. The van der Waals surface area contributed by atoms with Gasteiger partial charge in [0.2, 0.25) is 0 Å². The van der Waals surface area contributed by atoms with Crippen molar-refractivity contribution in [1.82, 2.24) is 0 Å². The van der Waals surface area contributed by atoms with E-state index >= 15 is 0 Å². The van der Waals surface area contributed by atoms with Gasteiger partial charge < -0.3 is 14.9 Å². The number of carboxylic acid groups (broad SMARTS) is 2. The predicted molar refractivity (Wildman–Crippen MR) is 58.3 cm³/mol. The van der Waals surface area contributed by atoms with Gasteiger partial charge in [-0.3, -0.25) is 9.59 Å². The Morgan fingerprint density at radius 1 is 1.25 bits per heavy atom. The Hall–Kier alpha value is -1.10. The van der Waals surface area contributed by atoms with Gasteiger partial charge in [-0.25, -0.2) is 0 Å². The summed E-state index contributed by atoms with van der Waals surface area (Å²) >= 11 is 0. The summed E-state index contributed by atoms with van der Waals surface area (Å²) in [6, 6.07) is 0. The van der Waals surface area contributed by atoms with E-state index in [9.17, 15) is 9.59 Å². The second-order valence-electron chi connectivity index (χ2n) is 3.82. The zero-order chi connectivity index (χ0) is 12.4. The van der Waals surface area contributed by atoms with Crippen molar-refractivity contribution in [3.8, 4) is 0 Å². The number of ether oxygens (including phenoxy) is 1. The molecule has 0 saturated heterocycles. The second-order valence-corrected chi connectivity index (χ2v) is 3.82. The van der Waals surface area contributed by atoms with E-state index in [2.05, 4.69) is 0 Å². The zero-order valence-electron chi connectivity index (χ0n) is 9.65. The number of unbranched alkanes of at least 4 members (excludes halogenated alkanes) is 1. The molecule has 0 rings (SSSR count). The highest BCUT2D eigenvalue weighted by atomic mass is 16.5. The highest BCUT2D eigenvalue weighted by Crippen LogP contribution is 2.12. The number of carboxylic acids is 2. The Morgan fingerprint density at radius 2 is 1.94 bits per heavy atom. The fourth-order valence-electron chi connectivity index (χ4n) is 1.32. The molecule has 0 aliphatic rings. The van der Waals surface area contributed by atoms with Crippen molar-refractivity contribution in [1.29, 1.82) is 0 Å². The number of aliphatic carboxylic acids is 2. The molecule has 2 N–H and O–H groups in total. The minimum absolute atomic E-state index is 0.00488. The Morgan fingerprint density at radius 3 is 2.44 bits per heavy atom. The fourth-order valence-corrected chi connectivity index (χ4v) is 1.32. The molecular weight excluding hydrogens is 212 g/mol. The van der Waals surface area contributed by atoms with Crippen LogP contribution in [0, 0.1) is 5.92 Å². The van der Waals surface area contributed by atoms with Gasteiger partial charge in [0, 0.05) is 19.6 Å².